The van der Waals surface area contributed by atoms with E-state index in [1.165, 1.54) is 24.7 Å². The van der Waals surface area contributed by atoms with Gasteiger partial charge in [-0.1, -0.05) is 48.0 Å². The van der Waals surface area contributed by atoms with Gasteiger partial charge in [0.2, 0.25) is 5.82 Å². The number of aryl methyl sites for hydroxylation is 1. The van der Waals surface area contributed by atoms with Gasteiger partial charge in [-0.05, 0) is 72.0 Å². The van der Waals surface area contributed by atoms with Crippen molar-refractivity contribution in [1.29, 1.82) is 5.26 Å². The smallest absolute Gasteiger partial charge is 0.208 e. The van der Waals surface area contributed by atoms with Crippen LogP contribution >= 0.6 is 11.6 Å². The van der Waals surface area contributed by atoms with Crippen LogP contribution in [0, 0.1) is 23.1 Å². The minimum absolute atomic E-state index is 0.0961. The molecule has 0 bridgehead atoms. The first kappa shape index (κ1) is 26.0. The summed E-state index contributed by atoms with van der Waals surface area (Å²) in [7, 11) is 1.61. The van der Waals surface area contributed by atoms with Crippen LogP contribution in [0.5, 0.6) is 0 Å². The summed E-state index contributed by atoms with van der Waals surface area (Å²) in [5, 5.41) is 22.2. The average Bonchev–Trinajstić information content (AvgIpc) is 3.28. The topological polar surface area (TPSA) is 70.6 Å². The Kier molecular flexibility index (Phi) is 6.99. The quantitative estimate of drug-likeness (QED) is 0.288. The van der Waals surface area contributed by atoms with Gasteiger partial charge >= 0.3 is 0 Å². The van der Waals surface area contributed by atoms with Crippen LogP contribution in [-0.2, 0) is 7.05 Å². The lowest BCUT2D eigenvalue weighted by Crippen LogP contribution is -2.54. The molecule has 0 unspecified atom stereocenters. The maximum atomic E-state index is 15.9. The van der Waals surface area contributed by atoms with Gasteiger partial charge < -0.3 is 0 Å². The van der Waals surface area contributed by atoms with Crippen molar-refractivity contribution in [3.63, 3.8) is 0 Å². The Morgan fingerprint density at radius 3 is 2.39 bits per heavy atom. The third-order valence-corrected chi connectivity index (χ3v) is 7.40. The summed E-state index contributed by atoms with van der Waals surface area (Å²) in [5.41, 5.74) is 1.64. The molecular weight excluding hydrogens is 506 g/mol. The van der Waals surface area contributed by atoms with E-state index in [2.05, 4.69) is 26.4 Å². The Morgan fingerprint density at radius 2 is 1.76 bits per heavy atom. The molecule has 0 radical (unpaired) electrons. The summed E-state index contributed by atoms with van der Waals surface area (Å²) in [6.07, 6.45) is 0. The number of tetrazole rings is 1. The Morgan fingerprint density at radius 1 is 1.05 bits per heavy atom. The molecule has 1 aromatic heterocycles. The molecule has 1 aliphatic heterocycles. The van der Waals surface area contributed by atoms with Gasteiger partial charge in [0.25, 0.3) is 0 Å². The minimum Gasteiger partial charge on any atom is -0.292 e. The second-order valence-corrected chi connectivity index (χ2v) is 10.7. The molecule has 5 rings (SSSR count). The minimum atomic E-state index is -1.64. The largest absolute Gasteiger partial charge is 0.292 e. The lowest BCUT2D eigenvalue weighted by Gasteiger charge is -2.50. The predicted octanol–water partition coefficient (Wildman–Crippen LogP) is 6.09. The number of benzene rings is 3. The zero-order valence-electron chi connectivity index (χ0n) is 21.3. The Labute approximate surface area is 225 Å². The lowest BCUT2D eigenvalue weighted by molar-refractivity contribution is 0.00829. The normalized spacial score (nSPS) is 16.0. The molecule has 2 atom stereocenters. The van der Waals surface area contributed by atoms with Crippen molar-refractivity contribution in [2.75, 3.05) is 13.1 Å². The number of nitriles is 1. The van der Waals surface area contributed by atoms with E-state index in [9.17, 15) is 5.26 Å². The highest BCUT2D eigenvalue weighted by Crippen LogP contribution is 2.47. The molecule has 4 aromatic rings. The van der Waals surface area contributed by atoms with Crippen molar-refractivity contribution < 1.29 is 8.78 Å². The van der Waals surface area contributed by atoms with Gasteiger partial charge in [-0.2, -0.15) is 10.1 Å². The van der Waals surface area contributed by atoms with Gasteiger partial charge in [-0.3, -0.25) is 4.90 Å². The van der Waals surface area contributed by atoms with E-state index in [1.54, 1.807) is 25.2 Å². The maximum absolute atomic E-state index is 15.9. The molecule has 0 aliphatic carbocycles. The van der Waals surface area contributed by atoms with Gasteiger partial charge in [0.15, 0.2) is 0 Å². The van der Waals surface area contributed by atoms with E-state index in [-0.39, 0.29) is 23.3 Å². The number of hydrogen-bond donors (Lipinski definition) is 0. The summed E-state index contributed by atoms with van der Waals surface area (Å²) >= 11 is 6.15. The molecule has 9 heteroatoms. The second kappa shape index (κ2) is 10.2. The van der Waals surface area contributed by atoms with E-state index in [0.29, 0.717) is 29.2 Å². The highest BCUT2D eigenvalue weighted by Gasteiger charge is 2.46. The third kappa shape index (κ3) is 5.04. The Bertz CT molecular complexity index is 1480. The molecule has 0 saturated carbocycles. The van der Waals surface area contributed by atoms with Gasteiger partial charge in [0.1, 0.15) is 11.5 Å². The number of likely N-dealkylation sites (tertiary alicyclic amines) is 1. The van der Waals surface area contributed by atoms with Crippen LogP contribution in [0.25, 0.3) is 11.4 Å². The van der Waals surface area contributed by atoms with Gasteiger partial charge in [-0.25, -0.2) is 8.78 Å². The van der Waals surface area contributed by atoms with Gasteiger partial charge in [0.05, 0.1) is 30.3 Å². The standard InChI is InChI=1S/C29H27ClF2N6/c1-29(2,32)26(23-8-5-9-24(31)25(23)28-34-36-37(3)35-28)21-16-38(17-21)27(19-10-12-22(30)13-11-19)20-7-4-6-18(14-20)15-33/h4-14,21,26-27H,16-17H2,1-3H3/t26-,27-/m0/s1. The van der Waals surface area contributed by atoms with E-state index in [1.807, 2.05) is 42.5 Å². The monoisotopic (exact) mass is 532 g/mol. The number of nitrogens with zero attached hydrogens (tertiary/aromatic N) is 6. The number of halogens is 3. The SMILES string of the molecule is Cn1nnc(-c2c(F)cccc2[C@H](C2CN([C@@H](c3ccc(Cl)cc3)c3cccc(C#N)c3)C2)C(C)(C)F)n1. The van der Waals surface area contributed by atoms with Crippen molar-refractivity contribution in [3.8, 4) is 17.5 Å². The summed E-state index contributed by atoms with van der Waals surface area (Å²) in [5.74, 6) is -1.07. The van der Waals surface area contributed by atoms with Crippen LogP contribution in [0.1, 0.15) is 48.1 Å². The Hall–Kier alpha value is -3.67. The molecule has 1 saturated heterocycles. The molecule has 6 nitrogen and oxygen atoms in total. The van der Waals surface area contributed by atoms with Crippen molar-refractivity contribution >= 4 is 11.6 Å². The number of alkyl halides is 1. The number of aromatic nitrogens is 4. The van der Waals surface area contributed by atoms with E-state index < -0.39 is 17.4 Å². The summed E-state index contributed by atoms with van der Waals surface area (Å²) in [6.45, 7) is 4.22. The average molecular weight is 533 g/mol. The van der Waals surface area contributed by atoms with Crippen LogP contribution in [-0.4, -0.2) is 43.9 Å². The molecule has 0 N–H and O–H groups in total. The first-order valence-electron chi connectivity index (χ1n) is 12.4. The molecule has 2 heterocycles. The molecule has 194 valence electrons. The van der Waals surface area contributed by atoms with Gasteiger partial charge in [-0.15, -0.1) is 10.2 Å². The molecule has 1 fully saturated rings. The van der Waals surface area contributed by atoms with Crippen molar-refractivity contribution in [2.24, 2.45) is 13.0 Å². The third-order valence-electron chi connectivity index (χ3n) is 7.14. The van der Waals surface area contributed by atoms with Crippen LogP contribution in [0.15, 0.2) is 66.7 Å². The molecule has 38 heavy (non-hydrogen) atoms. The van der Waals surface area contributed by atoms with E-state index >= 15 is 8.78 Å². The zero-order valence-corrected chi connectivity index (χ0v) is 22.1. The second-order valence-electron chi connectivity index (χ2n) is 10.3. The van der Waals surface area contributed by atoms with Crippen molar-refractivity contribution in [3.05, 3.63) is 99.8 Å². The summed E-state index contributed by atoms with van der Waals surface area (Å²) in [6, 6.07) is 21.9. The first-order chi connectivity index (χ1) is 18.2. The zero-order chi connectivity index (χ0) is 27.0. The molecule has 0 spiro atoms. The maximum Gasteiger partial charge on any atom is 0.208 e. The van der Waals surface area contributed by atoms with Crippen LogP contribution in [0.3, 0.4) is 0 Å². The first-order valence-corrected chi connectivity index (χ1v) is 12.7. The Balaban J connectivity index is 1.51. The molecular formula is C29H27ClF2N6. The fourth-order valence-corrected chi connectivity index (χ4v) is 5.74. The molecule has 3 aromatic carbocycles. The predicted molar refractivity (Wildman–Crippen MR) is 142 cm³/mol. The van der Waals surface area contributed by atoms with Crippen LogP contribution in [0.4, 0.5) is 8.78 Å². The highest BCUT2D eigenvalue weighted by atomic mass is 35.5. The van der Waals surface area contributed by atoms with Crippen molar-refractivity contribution in [1.82, 2.24) is 25.1 Å². The highest BCUT2D eigenvalue weighted by molar-refractivity contribution is 6.30. The lowest BCUT2D eigenvalue weighted by atomic mass is 9.71. The number of hydrogen-bond acceptors (Lipinski definition) is 5. The number of rotatable bonds is 7. The summed E-state index contributed by atoms with van der Waals surface area (Å²) < 4.78 is 31.1. The van der Waals surface area contributed by atoms with E-state index in [4.69, 9.17) is 11.6 Å². The van der Waals surface area contributed by atoms with E-state index in [0.717, 1.165) is 11.1 Å². The van der Waals surface area contributed by atoms with Crippen LogP contribution in [0.2, 0.25) is 5.02 Å². The molecule has 1 aliphatic rings. The molecule has 0 amide bonds. The van der Waals surface area contributed by atoms with Crippen molar-refractivity contribution in [2.45, 2.75) is 31.5 Å². The summed E-state index contributed by atoms with van der Waals surface area (Å²) in [4.78, 5) is 3.51. The van der Waals surface area contributed by atoms with Crippen LogP contribution < -0.4 is 0 Å². The fraction of sp³-hybridized carbons (Fsp3) is 0.310. The fourth-order valence-electron chi connectivity index (χ4n) is 5.61. The van der Waals surface area contributed by atoms with Gasteiger partial charge in [0, 0.05) is 24.0 Å².